The molecule has 2 atom stereocenters. The molecule has 2 unspecified atom stereocenters. The van der Waals surface area contributed by atoms with Gasteiger partial charge in [-0.3, -0.25) is 9.59 Å². The Kier molecular flexibility index (Phi) is 6.93. The van der Waals surface area contributed by atoms with Crippen LogP contribution in [0.4, 0.5) is 0 Å². The zero-order chi connectivity index (χ0) is 20.7. The quantitative estimate of drug-likeness (QED) is 0.654. The van der Waals surface area contributed by atoms with E-state index in [1.807, 2.05) is 31.2 Å². The van der Waals surface area contributed by atoms with Crippen molar-refractivity contribution in [2.45, 2.75) is 45.2 Å². The Balaban J connectivity index is 2.27. The number of carboxylic acids is 1. The molecule has 28 heavy (non-hydrogen) atoms. The topological polar surface area (TPSA) is 95.5 Å². The standard InChI is InChI=1S/C22H26N2O4/c1-4-22(21(27)28,18-8-6-5-7-9-18)24-20(26)14-19(23-16(3)25)17-12-10-15(2)11-13-17/h5-13,19H,4,14H2,1-3H3,(H,23,25)(H,24,26)(H,27,28). The molecule has 0 saturated carbocycles. The number of benzene rings is 2. The Morgan fingerprint density at radius 2 is 1.64 bits per heavy atom. The molecule has 0 heterocycles. The van der Waals surface area contributed by atoms with Crippen LogP contribution < -0.4 is 10.6 Å². The lowest BCUT2D eigenvalue weighted by Crippen LogP contribution is -2.52. The summed E-state index contributed by atoms with van der Waals surface area (Å²) in [6.45, 7) is 5.05. The molecule has 6 heteroatoms. The molecule has 0 aliphatic heterocycles. The van der Waals surface area contributed by atoms with E-state index in [0.29, 0.717) is 5.56 Å². The number of carboxylic acid groups (broad SMARTS) is 1. The maximum Gasteiger partial charge on any atom is 0.334 e. The van der Waals surface area contributed by atoms with E-state index >= 15 is 0 Å². The molecule has 6 nitrogen and oxygen atoms in total. The van der Waals surface area contributed by atoms with Gasteiger partial charge in [0.15, 0.2) is 5.54 Å². The molecule has 2 amide bonds. The highest BCUT2D eigenvalue weighted by Gasteiger charge is 2.40. The van der Waals surface area contributed by atoms with Crippen molar-refractivity contribution < 1.29 is 19.5 Å². The van der Waals surface area contributed by atoms with Crippen LogP contribution in [0.2, 0.25) is 0 Å². The predicted octanol–water partition coefficient (Wildman–Crippen LogP) is 3.07. The highest BCUT2D eigenvalue weighted by molar-refractivity contribution is 5.88. The Morgan fingerprint density at radius 3 is 2.14 bits per heavy atom. The molecule has 0 aromatic heterocycles. The van der Waals surface area contributed by atoms with Crippen LogP contribution in [0.1, 0.15) is 49.4 Å². The second-order valence-electron chi connectivity index (χ2n) is 6.85. The maximum atomic E-state index is 12.8. The largest absolute Gasteiger partial charge is 0.479 e. The summed E-state index contributed by atoms with van der Waals surface area (Å²) in [6, 6.07) is 15.6. The smallest absolute Gasteiger partial charge is 0.334 e. The molecule has 3 N–H and O–H groups in total. The number of nitrogens with one attached hydrogen (secondary N) is 2. The number of aryl methyl sites for hydroxylation is 1. The van der Waals surface area contributed by atoms with Crippen molar-refractivity contribution >= 4 is 17.8 Å². The van der Waals surface area contributed by atoms with Gasteiger partial charge in [-0.2, -0.15) is 0 Å². The molecular formula is C22H26N2O4. The van der Waals surface area contributed by atoms with Gasteiger partial charge in [-0.25, -0.2) is 4.79 Å². The summed E-state index contributed by atoms with van der Waals surface area (Å²) in [6.07, 6.45) is 0.123. The highest BCUT2D eigenvalue weighted by Crippen LogP contribution is 2.27. The lowest BCUT2D eigenvalue weighted by Gasteiger charge is -2.31. The van der Waals surface area contributed by atoms with E-state index < -0.39 is 23.5 Å². The number of hydrogen-bond donors (Lipinski definition) is 3. The molecule has 0 saturated heterocycles. The third-order valence-corrected chi connectivity index (χ3v) is 4.76. The van der Waals surface area contributed by atoms with Crippen LogP contribution in [-0.2, 0) is 19.9 Å². The molecule has 0 aliphatic carbocycles. The van der Waals surface area contributed by atoms with Crippen LogP contribution in [0.15, 0.2) is 54.6 Å². The summed E-state index contributed by atoms with van der Waals surface area (Å²) in [5, 5.41) is 15.3. The van der Waals surface area contributed by atoms with Gasteiger partial charge in [-0.05, 0) is 24.5 Å². The third-order valence-electron chi connectivity index (χ3n) is 4.76. The maximum absolute atomic E-state index is 12.8. The van der Waals surface area contributed by atoms with Gasteiger partial charge < -0.3 is 15.7 Å². The third kappa shape index (κ3) is 4.97. The fourth-order valence-corrected chi connectivity index (χ4v) is 3.19. The second-order valence-corrected chi connectivity index (χ2v) is 6.85. The second kappa shape index (κ2) is 9.17. The van der Waals surface area contributed by atoms with E-state index in [2.05, 4.69) is 10.6 Å². The Bertz CT molecular complexity index is 833. The lowest BCUT2D eigenvalue weighted by atomic mass is 9.86. The Labute approximate surface area is 165 Å². The van der Waals surface area contributed by atoms with E-state index in [4.69, 9.17) is 0 Å². The minimum atomic E-state index is -1.52. The van der Waals surface area contributed by atoms with E-state index in [9.17, 15) is 19.5 Å². The monoisotopic (exact) mass is 382 g/mol. The molecule has 0 spiro atoms. The molecule has 0 bridgehead atoms. The fraction of sp³-hybridized carbons (Fsp3) is 0.318. The van der Waals surface area contributed by atoms with E-state index in [1.54, 1.807) is 37.3 Å². The van der Waals surface area contributed by atoms with Gasteiger partial charge >= 0.3 is 5.97 Å². The van der Waals surface area contributed by atoms with Gasteiger partial charge in [0.1, 0.15) is 0 Å². The Morgan fingerprint density at radius 1 is 1.04 bits per heavy atom. The van der Waals surface area contributed by atoms with Gasteiger partial charge in [-0.1, -0.05) is 67.1 Å². The van der Waals surface area contributed by atoms with Crippen LogP contribution in [0.3, 0.4) is 0 Å². The van der Waals surface area contributed by atoms with Crippen LogP contribution >= 0.6 is 0 Å². The van der Waals surface area contributed by atoms with Crippen LogP contribution in [0.25, 0.3) is 0 Å². The zero-order valence-electron chi connectivity index (χ0n) is 16.4. The molecular weight excluding hydrogens is 356 g/mol. The molecule has 0 fully saturated rings. The zero-order valence-corrected chi connectivity index (χ0v) is 16.4. The number of carbonyl (C=O) groups is 3. The van der Waals surface area contributed by atoms with Crippen molar-refractivity contribution in [1.29, 1.82) is 0 Å². The average Bonchev–Trinajstić information content (AvgIpc) is 2.66. The van der Waals surface area contributed by atoms with Gasteiger partial charge in [0, 0.05) is 6.92 Å². The summed E-state index contributed by atoms with van der Waals surface area (Å²) >= 11 is 0. The van der Waals surface area contributed by atoms with E-state index in [1.165, 1.54) is 6.92 Å². The molecule has 2 aromatic rings. The highest BCUT2D eigenvalue weighted by atomic mass is 16.4. The number of aliphatic carboxylic acids is 1. The number of carbonyl (C=O) groups excluding carboxylic acids is 2. The van der Waals surface area contributed by atoms with E-state index in [0.717, 1.165) is 11.1 Å². The minimum Gasteiger partial charge on any atom is -0.479 e. The first kappa shape index (κ1) is 21.2. The summed E-state index contributed by atoms with van der Waals surface area (Å²) < 4.78 is 0. The van der Waals surface area contributed by atoms with E-state index in [-0.39, 0.29) is 18.7 Å². The first-order chi connectivity index (χ1) is 13.3. The summed E-state index contributed by atoms with van der Waals surface area (Å²) in [4.78, 5) is 36.5. The fourth-order valence-electron chi connectivity index (χ4n) is 3.19. The lowest BCUT2D eigenvalue weighted by molar-refractivity contribution is -0.148. The van der Waals surface area contributed by atoms with Crippen molar-refractivity contribution in [3.8, 4) is 0 Å². The van der Waals surface area contributed by atoms with Crippen molar-refractivity contribution in [3.05, 3.63) is 71.3 Å². The van der Waals surface area contributed by atoms with Crippen molar-refractivity contribution in [3.63, 3.8) is 0 Å². The molecule has 148 valence electrons. The average molecular weight is 382 g/mol. The number of rotatable bonds is 8. The summed E-state index contributed by atoms with van der Waals surface area (Å²) in [7, 11) is 0. The normalized spacial score (nSPS) is 13.8. The predicted molar refractivity (Wildman–Crippen MR) is 107 cm³/mol. The summed E-state index contributed by atoms with van der Waals surface area (Å²) in [5.74, 6) is -1.84. The molecule has 2 rings (SSSR count). The van der Waals surface area contributed by atoms with Crippen molar-refractivity contribution in [2.24, 2.45) is 0 Å². The van der Waals surface area contributed by atoms with Crippen LogP contribution in [-0.4, -0.2) is 22.9 Å². The van der Waals surface area contributed by atoms with Gasteiger partial charge in [0.25, 0.3) is 0 Å². The van der Waals surface area contributed by atoms with Gasteiger partial charge in [0.2, 0.25) is 11.8 Å². The van der Waals surface area contributed by atoms with Crippen molar-refractivity contribution in [2.75, 3.05) is 0 Å². The first-order valence-corrected chi connectivity index (χ1v) is 9.22. The minimum absolute atomic E-state index is 0.0650. The summed E-state index contributed by atoms with van der Waals surface area (Å²) in [5.41, 5.74) is 0.833. The van der Waals surface area contributed by atoms with Gasteiger partial charge in [0.05, 0.1) is 12.5 Å². The SMILES string of the molecule is CCC(NC(=O)CC(NC(C)=O)c1ccc(C)cc1)(C(=O)O)c1ccccc1. The molecule has 2 aromatic carbocycles. The first-order valence-electron chi connectivity index (χ1n) is 9.22. The van der Waals surface area contributed by atoms with Crippen molar-refractivity contribution in [1.82, 2.24) is 10.6 Å². The number of amides is 2. The molecule has 0 aliphatic rings. The Hall–Kier alpha value is -3.15. The van der Waals surface area contributed by atoms with Crippen LogP contribution in [0.5, 0.6) is 0 Å². The van der Waals surface area contributed by atoms with Gasteiger partial charge in [-0.15, -0.1) is 0 Å². The van der Waals surface area contributed by atoms with Crippen LogP contribution in [0, 0.1) is 6.92 Å². The number of hydrogen-bond acceptors (Lipinski definition) is 3. The molecule has 0 radical (unpaired) electrons.